The van der Waals surface area contributed by atoms with Gasteiger partial charge in [-0.1, -0.05) is 36.9 Å². The molecule has 0 heterocycles. The molecule has 0 aliphatic heterocycles. The van der Waals surface area contributed by atoms with Crippen LogP contribution in [0.1, 0.15) is 11.1 Å². The fourth-order valence-electron chi connectivity index (χ4n) is 1.62. The van der Waals surface area contributed by atoms with E-state index in [9.17, 15) is 0 Å². The van der Waals surface area contributed by atoms with E-state index in [1.807, 2.05) is 13.1 Å². The van der Waals surface area contributed by atoms with Crippen LogP contribution in [0.5, 0.6) is 0 Å². The highest BCUT2D eigenvalue weighted by atomic mass is 32.2. The number of thioether (sulfide) groups is 1. The third-order valence-corrected chi connectivity index (χ3v) is 3.12. The van der Waals surface area contributed by atoms with Crippen LogP contribution in [0.25, 0.3) is 5.57 Å². The van der Waals surface area contributed by atoms with Crippen molar-refractivity contribution in [1.82, 2.24) is 10.6 Å². The second kappa shape index (κ2) is 8.97. The van der Waals surface area contributed by atoms with E-state index < -0.39 is 0 Å². The maximum absolute atomic E-state index is 3.85. The van der Waals surface area contributed by atoms with Crippen LogP contribution in [-0.4, -0.2) is 26.4 Å². The van der Waals surface area contributed by atoms with Crippen LogP contribution in [0.4, 0.5) is 0 Å². The van der Waals surface area contributed by atoms with Crippen molar-refractivity contribution in [2.24, 2.45) is 0 Å². The molecular weight excluding hydrogens is 240 g/mol. The highest BCUT2D eigenvalue weighted by Crippen LogP contribution is 2.19. The first kappa shape index (κ1) is 15.0. The van der Waals surface area contributed by atoms with Gasteiger partial charge in [0.25, 0.3) is 0 Å². The first-order valence-corrected chi connectivity index (χ1v) is 7.40. The molecule has 0 spiro atoms. The molecule has 1 rings (SSSR count). The van der Waals surface area contributed by atoms with Crippen LogP contribution < -0.4 is 10.6 Å². The lowest BCUT2D eigenvalue weighted by molar-refractivity contribution is 0.651. The molecule has 2 nitrogen and oxygen atoms in total. The minimum absolute atomic E-state index is 0.914. The summed E-state index contributed by atoms with van der Waals surface area (Å²) in [6, 6.07) is 8.64. The lowest BCUT2D eigenvalue weighted by Gasteiger charge is -2.06. The topological polar surface area (TPSA) is 24.1 Å². The largest absolute Gasteiger partial charge is 0.318 e. The van der Waals surface area contributed by atoms with E-state index in [0.717, 1.165) is 19.6 Å². The van der Waals surface area contributed by atoms with Crippen molar-refractivity contribution in [2.45, 2.75) is 6.54 Å². The van der Waals surface area contributed by atoms with Crippen LogP contribution >= 0.6 is 11.8 Å². The number of likely N-dealkylation sites (N-methyl/N-ethyl adjacent to an activating group) is 1. The molecule has 0 aromatic heterocycles. The van der Waals surface area contributed by atoms with Crippen molar-refractivity contribution in [1.29, 1.82) is 0 Å². The Kier molecular flexibility index (Phi) is 7.49. The zero-order valence-electron chi connectivity index (χ0n) is 11.2. The van der Waals surface area contributed by atoms with Crippen molar-refractivity contribution in [2.75, 3.05) is 26.4 Å². The maximum atomic E-state index is 3.85. The van der Waals surface area contributed by atoms with Gasteiger partial charge >= 0.3 is 0 Å². The van der Waals surface area contributed by atoms with E-state index in [-0.39, 0.29) is 0 Å². The summed E-state index contributed by atoms with van der Waals surface area (Å²) >= 11 is 1.70. The average molecular weight is 262 g/mol. The van der Waals surface area contributed by atoms with Gasteiger partial charge in [-0.05, 0) is 35.4 Å². The molecule has 0 atom stereocenters. The fourth-order valence-corrected chi connectivity index (χ4v) is 2.11. The Labute approximate surface area is 115 Å². The first-order chi connectivity index (χ1) is 8.81. The number of hydrogen-bond donors (Lipinski definition) is 2. The number of hydrogen-bond acceptors (Lipinski definition) is 3. The molecule has 0 saturated carbocycles. The van der Waals surface area contributed by atoms with Gasteiger partial charge in [0.2, 0.25) is 0 Å². The van der Waals surface area contributed by atoms with Gasteiger partial charge in [-0.2, -0.15) is 0 Å². The third kappa shape index (κ3) is 5.08. The van der Waals surface area contributed by atoms with Gasteiger partial charge in [0, 0.05) is 19.6 Å². The summed E-state index contributed by atoms with van der Waals surface area (Å²) in [4.78, 5) is 0. The Bertz CT molecular complexity index is 382. The molecule has 3 heteroatoms. The van der Waals surface area contributed by atoms with Gasteiger partial charge in [-0.3, -0.25) is 0 Å². The molecule has 0 saturated heterocycles. The first-order valence-electron chi connectivity index (χ1n) is 6.12. The lowest BCUT2D eigenvalue weighted by atomic mass is 10.1. The normalized spacial score (nSPS) is 11.6. The Hall–Kier alpha value is -1.03. The van der Waals surface area contributed by atoms with E-state index in [4.69, 9.17) is 0 Å². The summed E-state index contributed by atoms with van der Waals surface area (Å²) in [6.45, 7) is 6.75. The van der Waals surface area contributed by atoms with Crippen LogP contribution in [0.3, 0.4) is 0 Å². The third-order valence-electron chi connectivity index (χ3n) is 2.63. The summed E-state index contributed by atoms with van der Waals surface area (Å²) in [5.74, 6) is 0. The van der Waals surface area contributed by atoms with Crippen LogP contribution in [-0.2, 0) is 6.54 Å². The van der Waals surface area contributed by atoms with Crippen molar-refractivity contribution >= 4 is 17.3 Å². The zero-order chi connectivity index (χ0) is 13.2. The highest BCUT2D eigenvalue weighted by molar-refractivity contribution is 8.01. The number of allylic oxidation sites excluding steroid dienone is 2. The van der Waals surface area contributed by atoms with E-state index >= 15 is 0 Å². The monoisotopic (exact) mass is 262 g/mol. The SMILES string of the molecule is C=C/C(=C\SC)c1ccc(CNCCNC)cc1. The predicted molar refractivity (Wildman–Crippen MR) is 83.8 cm³/mol. The standard InChI is InChI=1S/C15H22N2S/c1-4-14(12-18-3)15-7-5-13(6-8-15)11-17-10-9-16-2/h4-8,12,16-17H,1,9-11H2,2-3H3/b14-12+. The van der Waals surface area contributed by atoms with Crippen molar-refractivity contribution in [3.8, 4) is 0 Å². The Morgan fingerprint density at radius 1 is 1.28 bits per heavy atom. The molecular formula is C15H22N2S. The number of benzene rings is 1. The molecule has 18 heavy (non-hydrogen) atoms. The van der Waals surface area contributed by atoms with Gasteiger partial charge in [-0.25, -0.2) is 0 Å². The summed E-state index contributed by atoms with van der Waals surface area (Å²) < 4.78 is 0. The number of rotatable bonds is 8. The Morgan fingerprint density at radius 2 is 2.00 bits per heavy atom. The van der Waals surface area contributed by atoms with Crippen LogP contribution in [0.15, 0.2) is 42.3 Å². The minimum atomic E-state index is 0.914. The number of nitrogens with one attached hydrogen (secondary N) is 2. The lowest BCUT2D eigenvalue weighted by Crippen LogP contribution is -2.24. The van der Waals surface area contributed by atoms with Crippen molar-refractivity contribution in [3.05, 3.63) is 53.5 Å². The molecule has 1 aromatic carbocycles. The summed E-state index contributed by atoms with van der Waals surface area (Å²) in [5, 5.41) is 8.62. The van der Waals surface area contributed by atoms with Crippen molar-refractivity contribution in [3.63, 3.8) is 0 Å². The fraction of sp³-hybridized carbons (Fsp3) is 0.333. The molecule has 0 fully saturated rings. The predicted octanol–water partition coefficient (Wildman–Crippen LogP) is 2.89. The second-order valence-electron chi connectivity index (χ2n) is 3.99. The molecule has 2 N–H and O–H groups in total. The van der Waals surface area contributed by atoms with Crippen molar-refractivity contribution < 1.29 is 0 Å². The van der Waals surface area contributed by atoms with E-state index in [0.29, 0.717) is 0 Å². The van der Waals surface area contributed by atoms with Crippen LogP contribution in [0, 0.1) is 0 Å². The van der Waals surface area contributed by atoms with Gasteiger partial charge in [0.15, 0.2) is 0 Å². The maximum Gasteiger partial charge on any atom is 0.0206 e. The molecule has 0 aliphatic carbocycles. The summed E-state index contributed by atoms with van der Waals surface area (Å²) in [7, 11) is 1.96. The molecule has 0 bridgehead atoms. The van der Waals surface area contributed by atoms with Crippen LogP contribution in [0.2, 0.25) is 0 Å². The zero-order valence-corrected chi connectivity index (χ0v) is 12.0. The minimum Gasteiger partial charge on any atom is -0.318 e. The van der Waals surface area contributed by atoms with E-state index in [1.54, 1.807) is 11.8 Å². The van der Waals surface area contributed by atoms with Gasteiger partial charge < -0.3 is 10.6 Å². The summed E-state index contributed by atoms with van der Waals surface area (Å²) in [6.07, 6.45) is 3.96. The molecule has 0 amide bonds. The van der Waals surface area contributed by atoms with E-state index in [1.165, 1.54) is 16.7 Å². The molecule has 98 valence electrons. The molecule has 1 aromatic rings. The molecule has 0 unspecified atom stereocenters. The molecule has 0 aliphatic rings. The van der Waals surface area contributed by atoms with Gasteiger partial charge in [-0.15, -0.1) is 11.8 Å². The molecule has 0 radical (unpaired) electrons. The average Bonchev–Trinajstić information content (AvgIpc) is 2.42. The smallest absolute Gasteiger partial charge is 0.0206 e. The highest BCUT2D eigenvalue weighted by Gasteiger charge is 1.98. The van der Waals surface area contributed by atoms with Gasteiger partial charge in [0.1, 0.15) is 0 Å². The Balaban J connectivity index is 2.56. The second-order valence-corrected chi connectivity index (χ2v) is 4.70. The van der Waals surface area contributed by atoms with E-state index in [2.05, 4.69) is 53.1 Å². The summed E-state index contributed by atoms with van der Waals surface area (Å²) in [5.41, 5.74) is 3.71. The van der Waals surface area contributed by atoms with Gasteiger partial charge in [0.05, 0.1) is 0 Å². The quantitative estimate of drug-likeness (QED) is 0.556. The Morgan fingerprint density at radius 3 is 2.56 bits per heavy atom.